The number of thioether (sulfide) groups is 2. The van der Waals surface area contributed by atoms with Crippen molar-refractivity contribution in [1.29, 1.82) is 0 Å². The maximum absolute atomic E-state index is 3.51. The highest BCUT2D eigenvalue weighted by atomic mass is 32.2. The molecule has 1 nitrogen and oxygen atoms in total. The van der Waals surface area contributed by atoms with Crippen LogP contribution in [-0.4, -0.2) is 29.8 Å². The zero-order valence-corrected chi connectivity index (χ0v) is 12.0. The first-order valence-corrected chi connectivity index (χ1v) is 7.79. The second kappa shape index (κ2) is 7.25. The SMILES string of the molecule is CSC(C)(C)CNCCSc1ccccc1. The fraction of sp³-hybridized carbons (Fsp3) is 0.538. The van der Waals surface area contributed by atoms with Gasteiger partial charge < -0.3 is 5.32 Å². The van der Waals surface area contributed by atoms with E-state index in [0.29, 0.717) is 4.75 Å². The molecule has 0 saturated heterocycles. The van der Waals surface area contributed by atoms with Crippen LogP contribution in [0.15, 0.2) is 35.2 Å². The van der Waals surface area contributed by atoms with Gasteiger partial charge in [-0.1, -0.05) is 18.2 Å². The minimum Gasteiger partial charge on any atom is -0.315 e. The summed E-state index contributed by atoms with van der Waals surface area (Å²) in [7, 11) is 0. The number of benzene rings is 1. The van der Waals surface area contributed by atoms with E-state index in [1.807, 2.05) is 23.5 Å². The standard InChI is InChI=1S/C13H21NS2/c1-13(2,15-3)11-14-9-10-16-12-7-5-4-6-8-12/h4-8,14H,9-11H2,1-3H3. The van der Waals surface area contributed by atoms with Crippen LogP contribution in [0.1, 0.15) is 13.8 Å². The van der Waals surface area contributed by atoms with Crippen molar-refractivity contribution in [3.8, 4) is 0 Å². The Kier molecular flexibility index (Phi) is 6.32. The number of hydrogen-bond donors (Lipinski definition) is 1. The Morgan fingerprint density at radius 1 is 1.19 bits per heavy atom. The van der Waals surface area contributed by atoms with Crippen LogP contribution < -0.4 is 5.32 Å². The fourth-order valence-corrected chi connectivity index (χ4v) is 2.30. The van der Waals surface area contributed by atoms with Crippen molar-refractivity contribution in [2.45, 2.75) is 23.5 Å². The lowest BCUT2D eigenvalue weighted by Gasteiger charge is -2.22. The molecule has 0 bridgehead atoms. The van der Waals surface area contributed by atoms with Crippen molar-refractivity contribution in [3.05, 3.63) is 30.3 Å². The molecule has 90 valence electrons. The van der Waals surface area contributed by atoms with Gasteiger partial charge in [0.2, 0.25) is 0 Å². The van der Waals surface area contributed by atoms with E-state index >= 15 is 0 Å². The van der Waals surface area contributed by atoms with Crippen LogP contribution in [0.5, 0.6) is 0 Å². The summed E-state index contributed by atoms with van der Waals surface area (Å²) in [5.74, 6) is 1.13. The average Bonchev–Trinajstić information content (AvgIpc) is 2.30. The molecule has 0 fully saturated rings. The van der Waals surface area contributed by atoms with E-state index in [4.69, 9.17) is 0 Å². The van der Waals surface area contributed by atoms with Gasteiger partial charge in [0.05, 0.1) is 0 Å². The molecule has 0 radical (unpaired) electrons. The fourth-order valence-electron chi connectivity index (χ4n) is 1.22. The Morgan fingerprint density at radius 3 is 2.50 bits per heavy atom. The molecule has 1 N–H and O–H groups in total. The van der Waals surface area contributed by atoms with Gasteiger partial charge in [-0.15, -0.1) is 11.8 Å². The molecule has 3 heteroatoms. The first-order chi connectivity index (χ1) is 7.64. The first-order valence-electron chi connectivity index (χ1n) is 5.58. The highest BCUT2D eigenvalue weighted by Gasteiger charge is 2.14. The van der Waals surface area contributed by atoms with Gasteiger partial charge in [-0.25, -0.2) is 0 Å². The van der Waals surface area contributed by atoms with Gasteiger partial charge in [0, 0.05) is 28.5 Å². The van der Waals surface area contributed by atoms with Crippen molar-refractivity contribution in [3.63, 3.8) is 0 Å². The van der Waals surface area contributed by atoms with Crippen molar-refractivity contribution < 1.29 is 0 Å². The summed E-state index contributed by atoms with van der Waals surface area (Å²) < 4.78 is 0.345. The van der Waals surface area contributed by atoms with E-state index in [1.54, 1.807) is 0 Å². The van der Waals surface area contributed by atoms with Crippen LogP contribution >= 0.6 is 23.5 Å². The lowest BCUT2D eigenvalue weighted by molar-refractivity contribution is 0.610. The van der Waals surface area contributed by atoms with Gasteiger partial charge in [0.15, 0.2) is 0 Å². The third kappa shape index (κ3) is 5.83. The Morgan fingerprint density at radius 2 is 1.88 bits per heavy atom. The third-order valence-corrected chi connectivity index (χ3v) is 4.66. The highest BCUT2D eigenvalue weighted by Crippen LogP contribution is 2.20. The van der Waals surface area contributed by atoms with Gasteiger partial charge in [-0.2, -0.15) is 11.8 Å². The molecule has 0 atom stereocenters. The molecule has 0 amide bonds. The summed E-state index contributed by atoms with van der Waals surface area (Å²) in [5.41, 5.74) is 0. The van der Waals surface area contributed by atoms with Crippen LogP contribution in [0.25, 0.3) is 0 Å². The molecule has 0 heterocycles. The van der Waals surface area contributed by atoms with Gasteiger partial charge in [0.1, 0.15) is 0 Å². The molecule has 0 aliphatic heterocycles. The third-order valence-electron chi connectivity index (χ3n) is 2.39. The molecule has 0 aliphatic rings. The van der Waals surface area contributed by atoms with Gasteiger partial charge >= 0.3 is 0 Å². The maximum atomic E-state index is 3.51. The van der Waals surface area contributed by atoms with Crippen LogP contribution in [0, 0.1) is 0 Å². The summed E-state index contributed by atoms with van der Waals surface area (Å²) in [6, 6.07) is 10.6. The van der Waals surface area contributed by atoms with E-state index in [1.165, 1.54) is 4.90 Å². The molecule has 0 aliphatic carbocycles. The lowest BCUT2D eigenvalue weighted by atomic mass is 10.2. The van der Waals surface area contributed by atoms with Crippen molar-refractivity contribution in [2.75, 3.05) is 25.1 Å². The molecule has 0 saturated carbocycles. The monoisotopic (exact) mass is 255 g/mol. The molecule has 1 rings (SSSR count). The van der Waals surface area contributed by atoms with E-state index in [-0.39, 0.29) is 0 Å². The first kappa shape index (κ1) is 13.9. The molecule has 16 heavy (non-hydrogen) atoms. The predicted molar refractivity (Wildman–Crippen MR) is 77.6 cm³/mol. The van der Waals surface area contributed by atoms with Crippen molar-refractivity contribution in [1.82, 2.24) is 5.32 Å². The van der Waals surface area contributed by atoms with Crippen LogP contribution in [0.2, 0.25) is 0 Å². The second-order valence-corrected chi connectivity index (χ2v) is 6.98. The second-order valence-electron chi connectivity index (χ2n) is 4.30. The van der Waals surface area contributed by atoms with E-state index < -0.39 is 0 Å². The Hall–Kier alpha value is -0.120. The number of nitrogens with one attached hydrogen (secondary N) is 1. The van der Waals surface area contributed by atoms with E-state index in [0.717, 1.165) is 18.8 Å². The van der Waals surface area contributed by atoms with Crippen molar-refractivity contribution >= 4 is 23.5 Å². The van der Waals surface area contributed by atoms with Crippen LogP contribution in [-0.2, 0) is 0 Å². The number of rotatable bonds is 7. The smallest absolute Gasteiger partial charge is 0.0225 e. The normalized spacial score (nSPS) is 11.7. The Labute approximate surface area is 108 Å². The lowest BCUT2D eigenvalue weighted by Crippen LogP contribution is -2.33. The van der Waals surface area contributed by atoms with E-state index in [9.17, 15) is 0 Å². The average molecular weight is 255 g/mol. The van der Waals surface area contributed by atoms with E-state index in [2.05, 4.69) is 55.8 Å². The predicted octanol–water partition coefficient (Wildman–Crippen LogP) is 3.51. The molecule has 1 aromatic carbocycles. The summed E-state index contributed by atoms with van der Waals surface area (Å²) in [6.07, 6.45) is 2.17. The Balaban J connectivity index is 2.09. The van der Waals surface area contributed by atoms with Gasteiger partial charge in [0.25, 0.3) is 0 Å². The largest absolute Gasteiger partial charge is 0.315 e. The number of hydrogen-bond acceptors (Lipinski definition) is 3. The summed E-state index contributed by atoms with van der Waals surface area (Å²) >= 11 is 3.82. The summed E-state index contributed by atoms with van der Waals surface area (Å²) in [6.45, 7) is 6.69. The highest BCUT2D eigenvalue weighted by molar-refractivity contribution is 8.00. The maximum Gasteiger partial charge on any atom is 0.0225 e. The van der Waals surface area contributed by atoms with Gasteiger partial charge in [-0.05, 0) is 32.2 Å². The molecule has 0 spiro atoms. The molecule has 1 aromatic rings. The molecular weight excluding hydrogens is 234 g/mol. The minimum atomic E-state index is 0.345. The van der Waals surface area contributed by atoms with Crippen molar-refractivity contribution in [2.24, 2.45) is 0 Å². The topological polar surface area (TPSA) is 12.0 Å². The summed E-state index contributed by atoms with van der Waals surface area (Å²) in [4.78, 5) is 1.36. The van der Waals surface area contributed by atoms with Crippen LogP contribution in [0.3, 0.4) is 0 Å². The zero-order valence-electron chi connectivity index (χ0n) is 10.3. The Bertz CT molecular complexity index is 285. The zero-order chi connectivity index (χ0) is 11.9. The molecular formula is C13H21NS2. The van der Waals surface area contributed by atoms with Crippen LogP contribution in [0.4, 0.5) is 0 Å². The van der Waals surface area contributed by atoms with Gasteiger partial charge in [-0.3, -0.25) is 0 Å². The minimum absolute atomic E-state index is 0.345. The molecule has 0 unspecified atom stereocenters. The summed E-state index contributed by atoms with van der Waals surface area (Å²) in [5, 5.41) is 3.51. The molecule has 0 aromatic heterocycles. The quantitative estimate of drug-likeness (QED) is 0.591.